The van der Waals surface area contributed by atoms with E-state index in [2.05, 4.69) is 73.5 Å². The van der Waals surface area contributed by atoms with Crippen molar-refractivity contribution >= 4 is 28.1 Å². The highest BCUT2D eigenvalue weighted by molar-refractivity contribution is 9.10. The molecule has 1 amide bonds. The van der Waals surface area contributed by atoms with E-state index in [9.17, 15) is 4.79 Å². The van der Waals surface area contributed by atoms with Crippen LogP contribution in [-0.2, 0) is 0 Å². The van der Waals surface area contributed by atoms with Gasteiger partial charge < -0.3 is 9.30 Å². The Morgan fingerprint density at radius 2 is 1.50 bits per heavy atom. The molecule has 6 heteroatoms. The molecule has 5 rings (SSSR count). The van der Waals surface area contributed by atoms with Crippen molar-refractivity contribution in [3.05, 3.63) is 131 Å². The Hall–Kier alpha value is -4.42. The van der Waals surface area contributed by atoms with Gasteiger partial charge in [-0.1, -0.05) is 72.8 Å². The molecular formula is C32H26BrN3O2. The van der Waals surface area contributed by atoms with Crippen molar-refractivity contribution in [3.63, 3.8) is 0 Å². The molecule has 0 saturated heterocycles. The molecule has 0 bridgehead atoms. The molecule has 0 radical (unpaired) electrons. The lowest BCUT2D eigenvalue weighted by atomic mass is 10.1. The van der Waals surface area contributed by atoms with Crippen LogP contribution in [0.1, 0.15) is 22.8 Å². The van der Waals surface area contributed by atoms with E-state index >= 15 is 0 Å². The van der Waals surface area contributed by atoms with Gasteiger partial charge in [-0.2, -0.15) is 5.10 Å². The van der Waals surface area contributed by atoms with Gasteiger partial charge in [-0.15, -0.1) is 0 Å². The molecule has 0 unspecified atom stereocenters. The number of benzene rings is 4. The van der Waals surface area contributed by atoms with Gasteiger partial charge in [-0.25, -0.2) is 5.43 Å². The summed E-state index contributed by atoms with van der Waals surface area (Å²) < 4.78 is 8.61. The number of hydrogen-bond donors (Lipinski definition) is 1. The van der Waals surface area contributed by atoms with Gasteiger partial charge in [-0.05, 0) is 76.4 Å². The average molecular weight is 564 g/mol. The van der Waals surface area contributed by atoms with Crippen LogP contribution in [-0.4, -0.2) is 23.3 Å². The molecule has 0 spiro atoms. The van der Waals surface area contributed by atoms with Gasteiger partial charge in [0.05, 0.1) is 29.8 Å². The molecular weight excluding hydrogens is 538 g/mol. The van der Waals surface area contributed by atoms with Crippen LogP contribution >= 0.6 is 15.9 Å². The van der Waals surface area contributed by atoms with E-state index in [1.807, 2.05) is 73.7 Å². The van der Waals surface area contributed by atoms with E-state index in [4.69, 9.17) is 4.74 Å². The second-order valence-electron chi connectivity index (χ2n) is 8.51. The second-order valence-corrected chi connectivity index (χ2v) is 9.36. The Labute approximate surface area is 230 Å². The minimum atomic E-state index is -0.288. The van der Waals surface area contributed by atoms with Gasteiger partial charge in [0, 0.05) is 15.7 Å². The molecule has 1 N–H and O–H groups in total. The van der Waals surface area contributed by atoms with Crippen molar-refractivity contribution < 1.29 is 9.53 Å². The van der Waals surface area contributed by atoms with Crippen LogP contribution in [0.25, 0.3) is 28.2 Å². The van der Waals surface area contributed by atoms with Gasteiger partial charge >= 0.3 is 0 Å². The Morgan fingerprint density at radius 3 is 2.16 bits per heavy atom. The minimum absolute atomic E-state index is 0.288. The molecule has 0 aliphatic heterocycles. The molecule has 1 aromatic heterocycles. The maximum absolute atomic E-state index is 12.7. The third-order valence-electron chi connectivity index (χ3n) is 6.04. The topological polar surface area (TPSA) is 55.6 Å². The number of amides is 1. The standard InChI is InChI=1S/C32H26BrN3O2/c1-2-38-27-19-17-26(18-20-27)36-30(23-11-5-3-6-12-23)21-25(31(36)24-13-7-4-8-14-24)22-34-35-32(37)28-15-9-10-16-29(28)33/h3-22H,2H2,1H3,(H,35,37). The summed E-state index contributed by atoms with van der Waals surface area (Å²) in [6, 6.07) is 37.9. The number of nitrogens with zero attached hydrogens (tertiary/aromatic N) is 2. The van der Waals surface area contributed by atoms with Crippen LogP contribution in [0.15, 0.2) is 125 Å². The molecule has 0 aliphatic carbocycles. The highest BCUT2D eigenvalue weighted by atomic mass is 79.9. The number of hydrazone groups is 1. The summed E-state index contributed by atoms with van der Waals surface area (Å²) in [6.45, 7) is 2.58. The summed E-state index contributed by atoms with van der Waals surface area (Å²) in [5.41, 5.74) is 9.12. The van der Waals surface area contributed by atoms with Gasteiger partial charge in [0.2, 0.25) is 0 Å². The van der Waals surface area contributed by atoms with Crippen LogP contribution in [0.4, 0.5) is 0 Å². The van der Waals surface area contributed by atoms with Crippen LogP contribution in [0.5, 0.6) is 5.75 Å². The fraction of sp³-hybridized carbons (Fsp3) is 0.0625. The zero-order valence-electron chi connectivity index (χ0n) is 20.8. The monoisotopic (exact) mass is 563 g/mol. The largest absolute Gasteiger partial charge is 0.494 e. The van der Waals surface area contributed by atoms with Crippen molar-refractivity contribution in [2.24, 2.45) is 5.10 Å². The summed E-state index contributed by atoms with van der Waals surface area (Å²) in [5, 5.41) is 4.35. The summed E-state index contributed by atoms with van der Waals surface area (Å²) >= 11 is 3.43. The second kappa shape index (κ2) is 11.8. The van der Waals surface area contributed by atoms with E-state index in [-0.39, 0.29) is 5.91 Å². The molecule has 0 atom stereocenters. The summed E-state index contributed by atoms with van der Waals surface area (Å²) in [5.74, 6) is 0.534. The first-order valence-electron chi connectivity index (χ1n) is 12.3. The number of hydrogen-bond acceptors (Lipinski definition) is 3. The Balaban J connectivity index is 1.63. The highest BCUT2D eigenvalue weighted by Crippen LogP contribution is 2.35. The Bertz CT molecular complexity index is 1560. The molecule has 1 heterocycles. The number of rotatable bonds is 8. The molecule has 188 valence electrons. The third kappa shape index (κ3) is 5.45. The molecule has 5 aromatic rings. The Kier molecular flexibility index (Phi) is 7.81. The lowest BCUT2D eigenvalue weighted by Gasteiger charge is -2.15. The third-order valence-corrected chi connectivity index (χ3v) is 6.73. The first kappa shape index (κ1) is 25.2. The van der Waals surface area contributed by atoms with E-state index in [1.54, 1.807) is 12.3 Å². The van der Waals surface area contributed by atoms with E-state index in [0.717, 1.165) is 39.5 Å². The van der Waals surface area contributed by atoms with Crippen LogP contribution in [0.3, 0.4) is 0 Å². The first-order chi connectivity index (χ1) is 18.7. The van der Waals surface area contributed by atoms with Gasteiger partial charge in [-0.3, -0.25) is 4.79 Å². The predicted octanol–water partition coefficient (Wildman–Crippen LogP) is 7.74. The van der Waals surface area contributed by atoms with E-state index in [0.29, 0.717) is 16.6 Å². The highest BCUT2D eigenvalue weighted by Gasteiger charge is 2.19. The number of aromatic nitrogens is 1. The molecule has 0 saturated carbocycles. The fourth-order valence-electron chi connectivity index (χ4n) is 4.33. The number of carbonyl (C=O) groups excluding carboxylic acids is 1. The molecule has 4 aromatic carbocycles. The molecule has 5 nitrogen and oxygen atoms in total. The smallest absolute Gasteiger partial charge is 0.272 e. The number of halogens is 1. The number of carbonyl (C=O) groups is 1. The Morgan fingerprint density at radius 1 is 0.868 bits per heavy atom. The maximum Gasteiger partial charge on any atom is 0.272 e. The maximum atomic E-state index is 12.7. The first-order valence-corrected chi connectivity index (χ1v) is 13.1. The summed E-state index contributed by atoms with van der Waals surface area (Å²) in [4.78, 5) is 12.7. The molecule has 0 aliphatic rings. The van der Waals surface area contributed by atoms with Gasteiger partial charge in [0.25, 0.3) is 5.91 Å². The number of ether oxygens (including phenoxy) is 1. The normalized spacial score (nSPS) is 11.0. The fourth-order valence-corrected chi connectivity index (χ4v) is 4.80. The van der Waals surface area contributed by atoms with Gasteiger partial charge in [0.15, 0.2) is 0 Å². The lowest BCUT2D eigenvalue weighted by molar-refractivity contribution is 0.0954. The summed E-state index contributed by atoms with van der Waals surface area (Å²) in [6.07, 6.45) is 1.70. The predicted molar refractivity (Wildman–Crippen MR) is 157 cm³/mol. The van der Waals surface area contributed by atoms with Crippen molar-refractivity contribution in [3.8, 4) is 34.0 Å². The van der Waals surface area contributed by atoms with E-state index < -0.39 is 0 Å². The van der Waals surface area contributed by atoms with Gasteiger partial charge in [0.1, 0.15) is 5.75 Å². The number of nitrogens with one attached hydrogen (secondary N) is 1. The van der Waals surface area contributed by atoms with Crippen LogP contribution in [0, 0.1) is 0 Å². The molecule has 0 fully saturated rings. The average Bonchev–Trinajstić information content (AvgIpc) is 3.34. The summed E-state index contributed by atoms with van der Waals surface area (Å²) in [7, 11) is 0. The van der Waals surface area contributed by atoms with Crippen molar-refractivity contribution in [1.82, 2.24) is 9.99 Å². The zero-order valence-corrected chi connectivity index (χ0v) is 22.4. The quantitative estimate of drug-likeness (QED) is 0.155. The SMILES string of the molecule is CCOc1ccc(-n2c(-c3ccccc3)cc(C=NNC(=O)c3ccccc3Br)c2-c2ccccc2)cc1. The van der Waals surface area contributed by atoms with Crippen LogP contribution in [0.2, 0.25) is 0 Å². The lowest BCUT2D eigenvalue weighted by Crippen LogP contribution is -2.18. The minimum Gasteiger partial charge on any atom is -0.494 e. The van der Waals surface area contributed by atoms with Crippen molar-refractivity contribution in [1.29, 1.82) is 0 Å². The van der Waals surface area contributed by atoms with E-state index in [1.165, 1.54) is 0 Å². The van der Waals surface area contributed by atoms with Crippen molar-refractivity contribution in [2.45, 2.75) is 6.92 Å². The zero-order chi connectivity index (χ0) is 26.3. The van der Waals surface area contributed by atoms with Crippen LogP contribution < -0.4 is 10.2 Å². The van der Waals surface area contributed by atoms with Crippen molar-refractivity contribution in [2.75, 3.05) is 6.61 Å². The molecule has 38 heavy (non-hydrogen) atoms.